The molecule has 0 fully saturated rings. The van der Waals surface area contributed by atoms with Crippen LogP contribution in [0.3, 0.4) is 0 Å². The van der Waals surface area contributed by atoms with Gasteiger partial charge in [0.25, 0.3) is 0 Å². The van der Waals surface area contributed by atoms with E-state index in [2.05, 4.69) is 0 Å². The van der Waals surface area contributed by atoms with E-state index in [1.165, 1.54) is 0 Å². The van der Waals surface area contributed by atoms with Crippen LogP contribution >= 0.6 is 0 Å². The van der Waals surface area contributed by atoms with Crippen molar-refractivity contribution < 1.29 is 28.5 Å². The molecule has 0 aromatic heterocycles. The fourth-order valence-electron chi connectivity index (χ4n) is 0. The summed E-state index contributed by atoms with van der Waals surface area (Å²) in [7, 11) is -4.67. The Bertz CT molecular complexity index is 96.2. The van der Waals surface area contributed by atoms with Crippen LogP contribution < -0.4 is 0 Å². The quantitative estimate of drug-likeness (QED) is 0.305. The predicted octanol–water partition coefficient (Wildman–Crippen LogP) is -4.13. The van der Waals surface area contributed by atoms with Crippen molar-refractivity contribution in [1.82, 2.24) is 0 Å². The van der Waals surface area contributed by atoms with E-state index in [1.54, 1.807) is 0 Å². The van der Waals surface area contributed by atoms with Gasteiger partial charge in [-0.05, 0) is 0 Å². The van der Waals surface area contributed by atoms with E-state index in [9.17, 15) is 0 Å². The molecule has 0 rings (SSSR count). The molecule has 0 aliphatic carbocycles. The molecule has 0 saturated heterocycles. The minimum atomic E-state index is -4.67. The Morgan fingerprint density at radius 3 is 1.00 bits per heavy atom. The summed E-state index contributed by atoms with van der Waals surface area (Å²) in [5, 5.41) is 0. The molecule has 0 heterocycles. The Morgan fingerprint density at radius 1 is 1.00 bits per heavy atom. The first kappa shape index (κ1) is 30.6. The van der Waals surface area contributed by atoms with Crippen molar-refractivity contribution in [3.05, 3.63) is 0 Å². The van der Waals surface area contributed by atoms with E-state index in [4.69, 9.17) is 17.5 Å². The number of hydrogen-bond donors (Lipinski definition) is 2. The third-order valence-corrected chi connectivity index (χ3v) is 0. The van der Waals surface area contributed by atoms with Crippen molar-refractivity contribution >= 4 is 79.1 Å². The topological polar surface area (TPSA) is 138 Å². The van der Waals surface area contributed by atoms with Crippen LogP contribution in [0.2, 0.25) is 0 Å². The Labute approximate surface area is 106 Å². The van der Waals surface area contributed by atoms with Crippen molar-refractivity contribution in [3.8, 4) is 0 Å². The summed E-state index contributed by atoms with van der Waals surface area (Å²) in [4.78, 5) is 0. The standard InChI is InChI=1S/Al.K.H2O4S.2H2O.4H/c;;1-5(2,3)4;;;;;;/h;;(H2,1,2,3,4);2*1H2;;;;. The minimum absolute atomic E-state index is 0. The van der Waals surface area contributed by atoms with Crippen molar-refractivity contribution in [2.45, 2.75) is 0 Å². The summed E-state index contributed by atoms with van der Waals surface area (Å²) in [5.74, 6) is 0. The zero-order valence-electron chi connectivity index (χ0n) is 3.12. The third kappa shape index (κ3) is 164. The molecule has 0 aliphatic heterocycles. The van der Waals surface area contributed by atoms with Crippen molar-refractivity contribution in [2.75, 3.05) is 0 Å². The molecule has 9 heavy (non-hydrogen) atoms. The van der Waals surface area contributed by atoms with Crippen LogP contribution in [-0.2, 0) is 10.4 Å². The second kappa shape index (κ2) is 12.6. The first-order chi connectivity index (χ1) is 2.00. The van der Waals surface area contributed by atoms with Gasteiger partial charge in [0.15, 0.2) is 17.4 Å². The average Bonchev–Trinajstić information content (AvgIpc) is 0.722. The second-order valence-corrected chi connectivity index (χ2v) is 1.34. The summed E-state index contributed by atoms with van der Waals surface area (Å²) in [6.45, 7) is 0. The molecule has 0 aromatic carbocycles. The molecule has 0 bridgehead atoms. The van der Waals surface area contributed by atoms with Gasteiger partial charge in [-0.3, -0.25) is 9.11 Å². The third-order valence-electron chi connectivity index (χ3n) is 0. The van der Waals surface area contributed by atoms with Crippen molar-refractivity contribution in [2.24, 2.45) is 0 Å². The van der Waals surface area contributed by atoms with Crippen LogP contribution in [0.1, 0.15) is 0 Å². The van der Waals surface area contributed by atoms with E-state index >= 15 is 0 Å². The van der Waals surface area contributed by atoms with Gasteiger partial charge in [0.1, 0.15) is 0 Å². The molecule has 0 aliphatic rings. The molecule has 0 spiro atoms. The van der Waals surface area contributed by atoms with Crippen LogP contribution in [0.25, 0.3) is 0 Å². The van der Waals surface area contributed by atoms with Crippen LogP contribution in [0.5, 0.6) is 0 Å². The van der Waals surface area contributed by atoms with E-state index in [0.29, 0.717) is 0 Å². The van der Waals surface area contributed by atoms with E-state index in [0.717, 1.165) is 0 Å². The summed E-state index contributed by atoms with van der Waals surface area (Å²) in [5.41, 5.74) is 0. The Morgan fingerprint density at radius 2 is 1.00 bits per heavy atom. The molecular formula is H10AlKO6S. The Balaban J connectivity index is -0.0000000133. The van der Waals surface area contributed by atoms with Crippen LogP contribution in [-0.4, -0.2) is 97.2 Å². The summed E-state index contributed by atoms with van der Waals surface area (Å²) in [6.07, 6.45) is 0. The number of rotatable bonds is 0. The van der Waals surface area contributed by atoms with Crippen molar-refractivity contribution in [3.63, 3.8) is 0 Å². The first-order valence-electron chi connectivity index (χ1n) is 0.698. The van der Waals surface area contributed by atoms with Gasteiger partial charge >= 0.3 is 61.8 Å². The fourth-order valence-corrected chi connectivity index (χ4v) is 0. The van der Waals surface area contributed by atoms with E-state index in [1.807, 2.05) is 0 Å². The van der Waals surface area contributed by atoms with Gasteiger partial charge in [-0.25, -0.2) is 0 Å². The monoisotopic (exact) mass is 204 g/mol. The molecule has 9 heteroatoms. The maximum atomic E-state index is 8.74. The molecule has 0 radical (unpaired) electrons. The van der Waals surface area contributed by atoms with Gasteiger partial charge in [0.05, 0.1) is 0 Å². The molecule has 56 valence electrons. The Kier molecular flexibility index (Phi) is 42.9. The molecule has 0 unspecified atom stereocenters. The summed E-state index contributed by atoms with van der Waals surface area (Å²) >= 11 is 0. The molecule has 6 nitrogen and oxygen atoms in total. The van der Waals surface area contributed by atoms with Gasteiger partial charge in [-0.1, -0.05) is 0 Å². The molecule has 6 N–H and O–H groups in total. The van der Waals surface area contributed by atoms with Gasteiger partial charge in [-0.15, -0.1) is 0 Å². The summed E-state index contributed by atoms with van der Waals surface area (Å²) in [6, 6.07) is 0. The molecule has 0 aromatic rings. The van der Waals surface area contributed by atoms with Crippen LogP contribution in [0, 0.1) is 0 Å². The van der Waals surface area contributed by atoms with Gasteiger partial charge in [0, 0.05) is 0 Å². The van der Waals surface area contributed by atoms with Gasteiger partial charge in [0.2, 0.25) is 0 Å². The maximum absolute atomic E-state index is 8.74. The van der Waals surface area contributed by atoms with E-state index < -0.39 is 10.4 Å². The fraction of sp³-hybridized carbons (Fsp3) is 0. The van der Waals surface area contributed by atoms with E-state index in [-0.39, 0.29) is 79.7 Å². The Hall–Kier alpha value is 1.96. The average molecular weight is 204 g/mol. The predicted molar refractivity (Wildman–Crippen MR) is 38.5 cm³/mol. The summed E-state index contributed by atoms with van der Waals surface area (Å²) < 4.78 is 31.6. The second-order valence-electron chi connectivity index (χ2n) is 0.448. The van der Waals surface area contributed by atoms with Gasteiger partial charge in [-0.2, -0.15) is 8.42 Å². The SMILES string of the molecule is O.O.O=S(=O)(O)O.[AlH3].[KH]. The van der Waals surface area contributed by atoms with Crippen molar-refractivity contribution in [1.29, 1.82) is 0 Å². The molecular weight excluding hydrogens is 194 g/mol. The number of hydrogen-bond acceptors (Lipinski definition) is 2. The van der Waals surface area contributed by atoms with Crippen LogP contribution in [0.15, 0.2) is 0 Å². The van der Waals surface area contributed by atoms with Gasteiger partial charge < -0.3 is 11.0 Å². The first-order valence-corrected chi connectivity index (χ1v) is 2.10. The molecule has 0 saturated carbocycles. The molecule has 0 amide bonds. The zero-order valence-corrected chi connectivity index (χ0v) is 3.94. The molecule has 0 atom stereocenters. The van der Waals surface area contributed by atoms with Crippen LogP contribution in [0.4, 0.5) is 0 Å². The normalized spacial score (nSPS) is 6.44. The zero-order chi connectivity index (χ0) is 4.50.